The lowest BCUT2D eigenvalue weighted by molar-refractivity contribution is 0.595. The van der Waals surface area contributed by atoms with Gasteiger partial charge in [0.15, 0.2) is 15.8 Å². The Morgan fingerprint density at radius 2 is 2.00 bits per heavy atom. The van der Waals surface area contributed by atoms with E-state index >= 15 is 0 Å². The highest BCUT2D eigenvalue weighted by molar-refractivity contribution is 7.91. The van der Waals surface area contributed by atoms with E-state index in [2.05, 4.69) is 53.7 Å². The van der Waals surface area contributed by atoms with Crippen molar-refractivity contribution in [3.63, 3.8) is 0 Å². The maximum atomic E-state index is 11.5. The lowest BCUT2D eigenvalue weighted by Crippen LogP contribution is -2.40. The molecule has 1 aromatic carbocycles. The number of nitrogens with zero attached hydrogens (tertiary/aromatic N) is 1. The van der Waals surface area contributed by atoms with Crippen molar-refractivity contribution >= 4 is 15.8 Å². The molecular weight excluding hydrogens is 310 g/mol. The molecule has 0 aliphatic carbocycles. The van der Waals surface area contributed by atoms with Crippen molar-refractivity contribution in [3.05, 3.63) is 35.4 Å². The van der Waals surface area contributed by atoms with E-state index in [0.29, 0.717) is 25.0 Å². The fourth-order valence-corrected chi connectivity index (χ4v) is 2.82. The summed E-state index contributed by atoms with van der Waals surface area (Å²) in [6.07, 6.45) is 0. The first-order valence-corrected chi connectivity index (χ1v) is 9.99. The van der Waals surface area contributed by atoms with Gasteiger partial charge < -0.3 is 10.6 Å². The minimum absolute atomic E-state index is 0.126. The summed E-state index contributed by atoms with van der Waals surface area (Å²) in [5.41, 5.74) is 2.51. The first-order valence-electron chi connectivity index (χ1n) is 8.17. The average Bonchev–Trinajstić information content (AvgIpc) is 2.52. The third kappa shape index (κ3) is 7.50. The molecule has 5 nitrogen and oxygen atoms in total. The highest BCUT2D eigenvalue weighted by Gasteiger charge is 2.08. The van der Waals surface area contributed by atoms with Crippen LogP contribution in [-0.4, -0.2) is 45.5 Å². The van der Waals surface area contributed by atoms with E-state index < -0.39 is 9.84 Å². The second kappa shape index (κ2) is 9.55. The molecule has 1 rings (SSSR count). The quantitative estimate of drug-likeness (QED) is 0.562. The van der Waals surface area contributed by atoms with Crippen molar-refractivity contribution in [3.8, 4) is 0 Å². The Labute approximate surface area is 140 Å². The Morgan fingerprint density at radius 3 is 2.61 bits per heavy atom. The van der Waals surface area contributed by atoms with Gasteiger partial charge >= 0.3 is 0 Å². The molecule has 6 heteroatoms. The summed E-state index contributed by atoms with van der Waals surface area (Å²) < 4.78 is 23.0. The molecule has 0 bridgehead atoms. The summed E-state index contributed by atoms with van der Waals surface area (Å²) in [5, 5.41) is 6.24. The van der Waals surface area contributed by atoms with Crippen molar-refractivity contribution < 1.29 is 8.42 Å². The van der Waals surface area contributed by atoms with Crippen molar-refractivity contribution in [2.24, 2.45) is 4.99 Å². The van der Waals surface area contributed by atoms with Crippen LogP contribution in [0.1, 0.15) is 37.8 Å². The van der Waals surface area contributed by atoms with Crippen LogP contribution >= 0.6 is 0 Å². The number of benzene rings is 1. The Bertz CT molecular complexity index is 612. The molecule has 1 atom stereocenters. The topological polar surface area (TPSA) is 70.6 Å². The van der Waals surface area contributed by atoms with Crippen molar-refractivity contribution in [2.75, 3.05) is 31.1 Å². The molecule has 0 heterocycles. The normalized spacial score (nSPS) is 13.7. The van der Waals surface area contributed by atoms with Crippen LogP contribution in [0.2, 0.25) is 0 Å². The molecule has 0 spiro atoms. The van der Waals surface area contributed by atoms with Crippen LogP contribution in [0.3, 0.4) is 0 Å². The predicted octanol–water partition coefficient (Wildman–Crippen LogP) is 2.09. The smallest absolute Gasteiger partial charge is 0.191 e. The van der Waals surface area contributed by atoms with Gasteiger partial charge in [-0.15, -0.1) is 0 Å². The van der Waals surface area contributed by atoms with Gasteiger partial charge in [0.25, 0.3) is 0 Å². The van der Waals surface area contributed by atoms with E-state index in [1.54, 1.807) is 6.92 Å². The lowest BCUT2D eigenvalue weighted by atomic mass is 10.00. The molecule has 0 aliphatic heterocycles. The summed E-state index contributed by atoms with van der Waals surface area (Å²) in [6, 6.07) is 8.43. The van der Waals surface area contributed by atoms with Crippen LogP contribution in [0.4, 0.5) is 0 Å². The molecule has 0 saturated carbocycles. The van der Waals surface area contributed by atoms with Gasteiger partial charge in [0.2, 0.25) is 0 Å². The molecule has 0 amide bonds. The van der Waals surface area contributed by atoms with Crippen LogP contribution in [0.25, 0.3) is 0 Å². The van der Waals surface area contributed by atoms with Crippen molar-refractivity contribution in [1.82, 2.24) is 10.6 Å². The minimum atomic E-state index is -2.95. The summed E-state index contributed by atoms with van der Waals surface area (Å²) in [4.78, 5) is 4.56. The first-order chi connectivity index (χ1) is 10.9. The largest absolute Gasteiger partial charge is 0.357 e. The van der Waals surface area contributed by atoms with Gasteiger partial charge in [-0.25, -0.2) is 8.42 Å². The van der Waals surface area contributed by atoms with Crippen LogP contribution < -0.4 is 10.6 Å². The summed E-state index contributed by atoms with van der Waals surface area (Å²) in [5.74, 6) is 1.27. The molecule has 23 heavy (non-hydrogen) atoms. The number of hydrogen-bond donors (Lipinski definition) is 2. The number of aliphatic imine (C=N–C) groups is 1. The second-order valence-electron chi connectivity index (χ2n) is 5.70. The predicted molar refractivity (Wildman–Crippen MR) is 97.9 cm³/mol. The summed E-state index contributed by atoms with van der Waals surface area (Å²) in [7, 11) is -2.95. The molecule has 1 aromatic rings. The van der Waals surface area contributed by atoms with Gasteiger partial charge in [0, 0.05) is 31.3 Å². The van der Waals surface area contributed by atoms with Gasteiger partial charge in [-0.3, -0.25) is 4.99 Å². The molecule has 0 aromatic heterocycles. The molecule has 0 saturated heterocycles. The third-order valence-corrected chi connectivity index (χ3v) is 5.33. The van der Waals surface area contributed by atoms with Crippen LogP contribution in [-0.2, 0) is 9.84 Å². The Hall–Kier alpha value is -1.56. The standard InChI is InChI=1S/C17H29N3O2S/c1-5-18-17(19-10-11-23(21,22)6-2)20-13-15(4)16-9-7-8-14(3)12-16/h7-9,12,15H,5-6,10-11,13H2,1-4H3,(H2,18,19,20). The molecule has 0 fully saturated rings. The molecule has 0 radical (unpaired) electrons. The number of aryl methyl sites for hydroxylation is 1. The number of sulfone groups is 1. The Morgan fingerprint density at radius 1 is 1.26 bits per heavy atom. The van der Waals surface area contributed by atoms with Crippen LogP contribution in [0, 0.1) is 6.92 Å². The molecular formula is C17H29N3O2S. The van der Waals surface area contributed by atoms with E-state index in [1.807, 2.05) is 6.92 Å². The third-order valence-electron chi connectivity index (χ3n) is 3.62. The summed E-state index contributed by atoms with van der Waals surface area (Å²) >= 11 is 0. The molecule has 130 valence electrons. The average molecular weight is 340 g/mol. The monoisotopic (exact) mass is 339 g/mol. The van der Waals surface area contributed by atoms with E-state index in [1.165, 1.54) is 11.1 Å². The van der Waals surface area contributed by atoms with Crippen molar-refractivity contribution in [1.29, 1.82) is 0 Å². The highest BCUT2D eigenvalue weighted by Crippen LogP contribution is 2.16. The second-order valence-corrected chi connectivity index (χ2v) is 8.17. The fraction of sp³-hybridized carbons (Fsp3) is 0.588. The zero-order valence-electron chi connectivity index (χ0n) is 14.6. The van der Waals surface area contributed by atoms with Gasteiger partial charge in [0.05, 0.1) is 5.75 Å². The minimum Gasteiger partial charge on any atom is -0.357 e. The van der Waals surface area contributed by atoms with Crippen LogP contribution in [0.15, 0.2) is 29.3 Å². The highest BCUT2D eigenvalue weighted by atomic mass is 32.2. The van der Waals surface area contributed by atoms with Crippen LogP contribution in [0.5, 0.6) is 0 Å². The van der Waals surface area contributed by atoms with Gasteiger partial charge in [-0.1, -0.05) is 43.7 Å². The van der Waals surface area contributed by atoms with E-state index in [0.717, 1.165) is 6.54 Å². The maximum absolute atomic E-state index is 11.5. The van der Waals surface area contributed by atoms with E-state index in [9.17, 15) is 8.42 Å². The number of hydrogen-bond acceptors (Lipinski definition) is 3. The van der Waals surface area contributed by atoms with Crippen molar-refractivity contribution in [2.45, 2.75) is 33.6 Å². The van der Waals surface area contributed by atoms with E-state index in [4.69, 9.17) is 0 Å². The fourth-order valence-electron chi connectivity index (χ4n) is 2.12. The zero-order valence-corrected chi connectivity index (χ0v) is 15.4. The SMILES string of the molecule is CCNC(=NCC(C)c1cccc(C)c1)NCCS(=O)(=O)CC. The lowest BCUT2D eigenvalue weighted by Gasteiger charge is -2.14. The molecule has 0 aliphatic rings. The summed E-state index contributed by atoms with van der Waals surface area (Å²) in [6.45, 7) is 9.65. The zero-order chi connectivity index (χ0) is 17.3. The first kappa shape index (κ1) is 19.5. The van der Waals surface area contributed by atoms with E-state index in [-0.39, 0.29) is 11.5 Å². The molecule has 2 N–H and O–H groups in total. The number of nitrogens with one attached hydrogen (secondary N) is 2. The number of guanidine groups is 1. The van der Waals surface area contributed by atoms with Gasteiger partial charge in [-0.2, -0.15) is 0 Å². The van der Waals surface area contributed by atoms with Gasteiger partial charge in [-0.05, 0) is 19.4 Å². The number of rotatable bonds is 8. The maximum Gasteiger partial charge on any atom is 0.191 e. The molecule has 1 unspecified atom stereocenters. The van der Waals surface area contributed by atoms with Gasteiger partial charge in [0.1, 0.15) is 0 Å². The Balaban J connectivity index is 2.60. The Kier molecular flexibility index (Phi) is 8.09.